The number of carbonyl (C=O) groups is 3. The molecular formula is C20H20N4O5. The number of rotatable bonds is 3. The maximum atomic E-state index is 12.9. The average molecular weight is 396 g/mol. The predicted octanol–water partition coefficient (Wildman–Crippen LogP) is 1.60. The molecule has 0 bridgehead atoms. The van der Waals surface area contributed by atoms with Gasteiger partial charge < -0.3 is 25.4 Å². The van der Waals surface area contributed by atoms with Crippen molar-refractivity contribution >= 4 is 23.4 Å². The minimum absolute atomic E-state index is 0.145. The Kier molecular flexibility index (Phi) is 5.03. The van der Waals surface area contributed by atoms with Gasteiger partial charge in [-0.2, -0.15) is 0 Å². The van der Waals surface area contributed by atoms with Crippen LogP contribution in [0.2, 0.25) is 0 Å². The highest BCUT2D eigenvalue weighted by molar-refractivity contribution is 6.39. The molecule has 1 atom stereocenters. The number of anilines is 1. The van der Waals surface area contributed by atoms with E-state index in [1.54, 1.807) is 4.90 Å². The van der Waals surface area contributed by atoms with Crippen molar-refractivity contribution in [2.45, 2.75) is 25.3 Å². The molecule has 0 radical (unpaired) electrons. The average Bonchev–Trinajstić information content (AvgIpc) is 3.21. The van der Waals surface area contributed by atoms with Crippen molar-refractivity contribution in [1.29, 1.82) is 0 Å². The molecule has 4 rings (SSSR count). The maximum Gasteiger partial charge on any atom is 0.313 e. The lowest BCUT2D eigenvalue weighted by Gasteiger charge is -2.35. The Morgan fingerprint density at radius 3 is 2.76 bits per heavy atom. The van der Waals surface area contributed by atoms with Gasteiger partial charge in [-0.25, -0.2) is 0 Å². The Labute approximate surface area is 166 Å². The minimum atomic E-state index is -0.791. The zero-order valence-corrected chi connectivity index (χ0v) is 15.6. The molecule has 1 aromatic heterocycles. The summed E-state index contributed by atoms with van der Waals surface area (Å²) in [5.41, 5.74) is 6.50. The molecule has 0 aliphatic carbocycles. The Balaban J connectivity index is 1.52. The lowest BCUT2D eigenvalue weighted by molar-refractivity contribution is -0.145. The number of nitrogens with one attached hydrogen (secondary N) is 1. The third-order valence-electron chi connectivity index (χ3n) is 5.02. The molecule has 1 aromatic carbocycles. The fourth-order valence-electron chi connectivity index (χ4n) is 3.60. The van der Waals surface area contributed by atoms with Crippen LogP contribution in [0.1, 0.15) is 41.2 Å². The molecule has 0 unspecified atom stereocenters. The summed E-state index contributed by atoms with van der Waals surface area (Å²) in [6.45, 7) is 0.651. The van der Waals surface area contributed by atoms with E-state index in [0.717, 1.165) is 24.8 Å². The molecular weight excluding hydrogens is 376 g/mol. The number of aromatic nitrogens is 1. The first-order valence-electron chi connectivity index (χ1n) is 9.29. The Bertz CT molecular complexity index is 977. The number of piperidine rings is 1. The second-order valence-electron chi connectivity index (χ2n) is 6.90. The highest BCUT2D eigenvalue weighted by atomic mass is 16.7. The normalized spacial score (nSPS) is 17.7. The summed E-state index contributed by atoms with van der Waals surface area (Å²) in [7, 11) is 0. The molecule has 9 heteroatoms. The van der Waals surface area contributed by atoms with Gasteiger partial charge in [0.1, 0.15) is 0 Å². The minimum Gasteiger partial charge on any atom is -0.454 e. The number of likely N-dealkylation sites (tertiary alicyclic amines) is 1. The van der Waals surface area contributed by atoms with Crippen LogP contribution in [0.4, 0.5) is 5.69 Å². The van der Waals surface area contributed by atoms with E-state index >= 15 is 0 Å². The topological polar surface area (TPSA) is 124 Å². The molecule has 2 aromatic rings. The van der Waals surface area contributed by atoms with Gasteiger partial charge in [0.25, 0.3) is 0 Å². The third kappa shape index (κ3) is 3.84. The van der Waals surface area contributed by atoms with E-state index in [2.05, 4.69) is 10.3 Å². The number of hydrogen-bond acceptors (Lipinski definition) is 6. The third-order valence-corrected chi connectivity index (χ3v) is 5.02. The fraction of sp³-hybridized carbons (Fsp3) is 0.300. The first-order chi connectivity index (χ1) is 14.0. The van der Waals surface area contributed by atoms with Crippen LogP contribution in [0.3, 0.4) is 0 Å². The molecule has 1 saturated heterocycles. The zero-order chi connectivity index (χ0) is 20.4. The molecule has 1 fully saturated rings. The monoisotopic (exact) mass is 396 g/mol. The van der Waals surface area contributed by atoms with E-state index in [1.807, 2.05) is 18.2 Å². The zero-order valence-electron chi connectivity index (χ0n) is 15.6. The van der Waals surface area contributed by atoms with Crippen LogP contribution in [0.25, 0.3) is 0 Å². The van der Waals surface area contributed by atoms with E-state index in [9.17, 15) is 14.4 Å². The number of pyridine rings is 1. The molecule has 3 heterocycles. The van der Waals surface area contributed by atoms with Crippen LogP contribution in [-0.2, 0) is 9.59 Å². The number of hydrogen-bond donors (Lipinski definition) is 2. The molecule has 3 N–H and O–H groups in total. The van der Waals surface area contributed by atoms with E-state index in [4.69, 9.17) is 15.2 Å². The number of nitrogens with zero attached hydrogens (tertiary/aromatic N) is 2. The largest absolute Gasteiger partial charge is 0.454 e. The fourth-order valence-corrected chi connectivity index (χ4v) is 3.60. The van der Waals surface area contributed by atoms with Crippen LogP contribution in [-0.4, -0.2) is 40.9 Å². The van der Waals surface area contributed by atoms with Crippen molar-refractivity contribution in [2.24, 2.45) is 5.73 Å². The van der Waals surface area contributed by atoms with Gasteiger partial charge in [0.05, 0.1) is 23.5 Å². The Morgan fingerprint density at radius 2 is 1.93 bits per heavy atom. The first kappa shape index (κ1) is 18.7. The van der Waals surface area contributed by atoms with Crippen LogP contribution in [0.5, 0.6) is 11.5 Å². The standard InChI is InChI=1S/C20H20N4O5/c21-18(25)13-7-14(10-22-9-13)23-19(26)20(27)24-6-2-1-3-15(24)12-4-5-16-17(8-12)29-11-28-16/h4-5,7-10,15H,1-3,6,11H2,(H2,21,25)(H,23,26)/t15-/m0/s1. The van der Waals surface area contributed by atoms with Crippen LogP contribution >= 0.6 is 0 Å². The summed E-state index contributed by atoms with van der Waals surface area (Å²) in [4.78, 5) is 42.2. The molecule has 3 amide bonds. The van der Waals surface area contributed by atoms with Gasteiger partial charge in [0.15, 0.2) is 11.5 Å². The second-order valence-corrected chi connectivity index (χ2v) is 6.90. The van der Waals surface area contributed by atoms with Gasteiger partial charge in [-0.3, -0.25) is 19.4 Å². The van der Waals surface area contributed by atoms with Crippen molar-refractivity contribution in [3.05, 3.63) is 47.8 Å². The SMILES string of the molecule is NC(=O)c1cncc(NC(=O)C(=O)N2CCCC[C@H]2c2ccc3c(c2)OCO3)c1. The summed E-state index contributed by atoms with van der Waals surface area (Å²) in [5, 5.41) is 2.50. The summed E-state index contributed by atoms with van der Waals surface area (Å²) < 4.78 is 10.8. The Morgan fingerprint density at radius 1 is 1.10 bits per heavy atom. The van der Waals surface area contributed by atoms with Crippen molar-refractivity contribution in [3.8, 4) is 11.5 Å². The Hall–Kier alpha value is -3.62. The van der Waals surface area contributed by atoms with E-state index in [-0.39, 0.29) is 24.1 Å². The number of fused-ring (bicyclic) bond motifs is 1. The highest BCUT2D eigenvalue weighted by Crippen LogP contribution is 2.38. The summed E-state index contributed by atoms with van der Waals surface area (Å²) in [6, 6.07) is 6.72. The first-order valence-corrected chi connectivity index (χ1v) is 9.29. The predicted molar refractivity (Wildman–Crippen MR) is 102 cm³/mol. The van der Waals surface area contributed by atoms with Crippen molar-refractivity contribution in [2.75, 3.05) is 18.7 Å². The molecule has 0 spiro atoms. The van der Waals surface area contributed by atoms with Gasteiger partial charge in [-0.1, -0.05) is 6.07 Å². The summed E-state index contributed by atoms with van der Waals surface area (Å²) in [5.74, 6) is -0.794. The quantitative estimate of drug-likeness (QED) is 0.760. The lowest BCUT2D eigenvalue weighted by Crippen LogP contribution is -2.44. The van der Waals surface area contributed by atoms with Gasteiger partial charge >= 0.3 is 11.8 Å². The molecule has 2 aliphatic heterocycles. The van der Waals surface area contributed by atoms with E-state index in [0.29, 0.717) is 18.0 Å². The number of nitrogens with two attached hydrogens (primary N) is 1. The molecule has 2 aliphatic rings. The lowest BCUT2D eigenvalue weighted by atomic mass is 9.94. The number of benzene rings is 1. The van der Waals surface area contributed by atoms with Crippen molar-refractivity contribution in [1.82, 2.24) is 9.88 Å². The molecule has 0 saturated carbocycles. The number of amides is 3. The summed E-state index contributed by atoms with van der Waals surface area (Å²) in [6.07, 6.45) is 5.16. The molecule has 29 heavy (non-hydrogen) atoms. The van der Waals surface area contributed by atoms with Gasteiger partial charge in [-0.05, 0) is 43.0 Å². The van der Waals surface area contributed by atoms with Gasteiger partial charge in [0, 0.05) is 12.7 Å². The number of ether oxygens (including phenoxy) is 2. The van der Waals surface area contributed by atoms with Crippen LogP contribution in [0, 0.1) is 0 Å². The van der Waals surface area contributed by atoms with Crippen molar-refractivity contribution in [3.63, 3.8) is 0 Å². The second kappa shape index (κ2) is 7.78. The van der Waals surface area contributed by atoms with E-state index in [1.165, 1.54) is 18.5 Å². The summed E-state index contributed by atoms with van der Waals surface area (Å²) >= 11 is 0. The van der Waals surface area contributed by atoms with Crippen LogP contribution in [0.15, 0.2) is 36.7 Å². The smallest absolute Gasteiger partial charge is 0.313 e. The van der Waals surface area contributed by atoms with Crippen molar-refractivity contribution < 1.29 is 23.9 Å². The van der Waals surface area contributed by atoms with Gasteiger partial charge in [0.2, 0.25) is 12.7 Å². The molecule has 150 valence electrons. The number of carbonyl (C=O) groups excluding carboxylic acids is 3. The number of primary amides is 1. The van der Waals surface area contributed by atoms with Crippen LogP contribution < -0.4 is 20.5 Å². The van der Waals surface area contributed by atoms with E-state index < -0.39 is 17.7 Å². The maximum absolute atomic E-state index is 12.9. The van der Waals surface area contributed by atoms with Gasteiger partial charge in [-0.15, -0.1) is 0 Å². The molecule has 9 nitrogen and oxygen atoms in total. The highest BCUT2D eigenvalue weighted by Gasteiger charge is 2.32.